The van der Waals surface area contributed by atoms with Gasteiger partial charge in [-0.05, 0) is 90.5 Å². The highest BCUT2D eigenvalue weighted by Crippen LogP contribution is 2.43. The van der Waals surface area contributed by atoms with Crippen molar-refractivity contribution in [1.29, 1.82) is 0 Å². The molecule has 0 fully saturated rings. The van der Waals surface area contributed by atoms with E-state index in [-0.39, 0.29) is 0 Å². The maximum absolute atomic E-state index is 6.37. The predicted octanol–water partition coefficient (Wildman–Crippen LogP) is 14.6. The molecule has 12 aromatic rings. The van der Waals surface area contributed by atoms with Crippen molar-refractivity contribution >= 4 is 76.1 Å². The van der Waals surface area contributed by atoms with Crippen molar-refractivity contribution in [2.75, 3.05) is 0 Å². The minimum Gasteiger partial charge on any atom is -0.455 e. The molecule has 12 rings (SSSR count). The van der Waals surface area contributed by atoms with Crippen LogP contribution in [0.15, 0.2) is 192 Å². The average molecular weight is 686 g/mol. The number of furan rings is 1. The lowest BCUT2D eigenvalue weighted by Crippen LogP contribution is -1.94. The fraction of sp³-hybridized carbons (Fsp3) is 0. The molecular weight excluding hydrogens is 655 g/mol. The number of benzene rings is 10. The van der Waals surface area contributed by atoms with E-state index < -0.39 is 0 Å². The van der Waals surface area contributed by atoms with Crippen molar-refractivity contribution < 1.29 is 4.42 Å². The number of nitrogens with zero attached hydrogens (tertiary/aromatic N) is 1. The second-order valence-electron chi connectivity index (χ2n) is 14.4. The molecule has 10 aromatic carbocycles. The summed E-state index contributed by atoms with van der Waals surface area (Å²) >= 11 is 0. The van der Waals surface area contributed by atoms with Crippen molar-refractivity contribution in [3.8, 4) is 39.1 Å². The van der Waals surface area contributed by atoms with Crippen molar-refractivity contribution in [2.24, 2.45) is 0 Å². The molecule has 0 aliphatic heterocycles. The molecule has 0 saturated heterocycles. The molecule has 0 bridgehead atoms. The van der Waals surface area contributed by atoms with Gasteiger partial charge in [0.25, 0.3) is 0 Å². The highest BCUT2D eigenvalue weighted by Gasteiger charge is 2.17. The third kappa shape index (κ3) is 4.17. The molecule has 2 aromatic heterocycles. The molecule has 0 amide bonds. The molecule has 2 heterocycles. The summed E-state index contributed by atoms with van der Waals surface area (Å²) in [5.74, 6) is 0. The van der Waals surface area contributed by atoms with Gasteiger partial charge in [0.2, 0.25) is 0 Å². The standard InChI is InChI=1S/C52H31NO/c1-4-13-47-41(8-1)42-9-2-5-14-48(42)53(47)37-26-20-33(21-27-37)39-29-23-36-24-30-44-38(28-22-35-25-31-45(39)51(36)50(35)44)32-16-18-34(19-17-32)40-11-7-12-46-43-10-3-6-15-49(43)54-52(40)46/h1-31H. The van der Waals surface area contributed by atoms with Crippen molar-refractivity contribution in [3.05, 3.63) is 188 Å². The lowest BCUT2D eigenvalue weighted by atomic mass is 9.87. The third-order valence-electron chi connectivity index (χ3n) is 11.6. The van der Waals surface area contributed by atoms with E-state index in [2.05, 4.69) is 180 Å². The van der Waals surface area contributed by atoms with Crippen LogP contribution >= 0.6 is 0 Å². The van der Waals surface area contributed by atoms with Gasteiger partial charge in [0, 0.05) is 32.8 Å². The SMILES string of the molecule is c1ccc2c(c1)oc1c(-c3ccc(-c4ccc5ccc6c(-c7ccc(-n8c9ccccc9c9ccccc98)cc7)ccc7ccc4c5c76)cc3)cccc12. The lowest BCUT2D eigenvalue weighted by Gasteiger charge is -2.17. The summed E-state index contributed by atoms with van der Waals surface area (Å²) in [5.41, 5.74) is 12.6. The molecular formula is C52H31NO. The van der Waals surface area contributed by atoms with Gasteiger partial charge in [-0.3, -0.25) is 0 Å². The molecule has 0 radical (unpaired) electrons. The summed E-state index contributed by atoms with van der Waals surface area (Å²) in [6.45, 7) is 0. The van der Waals surface area contributed by atoms with Gasteiger partial charge in [0.05, 0.1) is 11.0 Å². The molecule has 2 nitrogen and oxygen atoms in total. The fourth-order valence-corrected chi connectivity index (χ4v) is 9.10. The molecule has 250 valence electrons. The molecule has 0 aliphatic carbocycles. The Bertz CT molecular complexity index is 3360. The molecule has 0 aliphatic rings. The highest BCUT2D eigenvalue weighted by molar-refractivity contribution is 6.27. The van der Waals surface area contributed by atoms with Crippen molar-refractivity contribution in [2.45, 2.75) is 0 Å². The summed E-state index contributed by atoms with van der Waals surface area (Å²) < 4.78 is 8.75. The van der Waals surface area contributed by atoms with E-state index in [9.17, 15) is 0 Å². The number of para-hydroxylation sites is 4. The number of hydrogen-bond donors (Lipinski definition) is 0. The molecule has 0 N–H and O–H groups in total. The number of hydrogen-bond acceptors (Lipinski definition) is 1. The zero-order valence-corrected chi connectivity index (χ0v) is 29.3. The van der Waals surface area contributed by atoms with Crippen LogP contribution in [0.3, 0.4) is 0 Å². The smallest absolute Gasteiger partial charge is 0.143 e. The van der Waals surface area contributed by atoms with Crippen LogP contribution in [0.4, 0.5) is 0 Å². The largest absolute Gasteiger partial charge is 0.455 e. The van der Waals surface area contributed by atoms with Crippen LogP contribution in [0.25, 0.3) is 115 Å². The van der Waals surface area contributed by atoms with E-state index >= 15 is 0 Å². The second-order valence-corrected chi connectivity index (χ2v) is 14.4. The normalized spacial score (nSPS) is 12.1. The zero-order valence-electron chi connectivity index (χ0n) is 29.3. The van der Waals surface area contributed by atoms with E-state index in [4.69, 9.17) is 4.42 Å². The Morgan fingerprint density at radius 3 is 1.41 bits per heavy atom. The number of fused-ring (bicyclic) bond motifs is 6. The van der Waals surface area contributed by atoms with Gasteiger partial charge in [-0.1, -0.05) is 158 Å². The van der Waals surface area contributed by atoms with Gasteiger partial charge in [-0.2, -0.15) is 0 Å². The first kappa shape index (κ1) is 29.4. The molecule has 0 unspecified atom stereocenters. The average Bonchev–Trinajstić information content (AvgIpc) is 3.79. The maximum atomic E-state index is 6.37. The van der Waals surface area contributed by atoms with Crippen molar-refractivity contribution in [3.63, 3.8) is 0 Å². The monoisotopic (exact) mass is 685 g/mol. The molecule has 54 heavy (non-hydrogen) atoms. The van der Waals surface area contributed by atoms with E-state index in [1.54, 1.807) is 0 Å². The summed E-state index contributed by atoms with van der Waals surface area (Å²) in [5, 5.41) is 12.6. The Morgan fingerprint density at radius 1 is 0.315 bits per heavy atom. The summed E-state index contributed by atoms with van der Waals surface area (Å²) in [6.07, 6.45) is 0. The zero-order chi connectivity index (χ0) is 35.3. The van der Waals surface area contributed by atoms with Gasteiger partial charge >= 0.3 is 0 Å². The van der Waals surface area contributed by atoms with Crippen LogP contribution in [0, 0.1) is 0 Å². The first-order chi connectivity index (χ1) is 26.8. The Kier molecular flexibility index (Phi) is 6.09. The molecule has 2 heteroatoms. The van der Waals surface area contributed by atoms with E-state index in [1.165, 1.54) is 82.1 Å². The molecule has 0 atom stereocenters. The molecule has 0 spiro atoms. The quantitative estimate of drug-likeness (QED) is 0.169. The van der Waals surface area contributed by atoms with Crippen LogP contribution in [0.1, 0.15) is 0 Å². The topological polar surface area (TPSA) is 18.1 Å². The first-order valence-electron chi connectivity index (χ1n) is 18.6. The van der Waals surface area contributed by atoms with Crippen LogP contribution in [-0.2, 0) is 0 Å². The lowest BCUT2D eigenvalue weighted by molar-refractivity contribution is 0.670. The second kappa shape index (κ2) is 11.2. The van der Waals surface area contributed by atoms with Gasteiger partial charge in [0.1, 0.15) is 11.2 Å². The van der Waals surface area contributed by atoms with E-state index in [1.807, 2.05) is 12.1 Å². The van der Waals surface area contributed by atoms with E-state index in [0.29, 0.717) is 0 Å². The van der Waals surface area contributed by atoms with Gasteiger partial charge in [-0.25, -0.2) is 0 Å². The Hall–Kier alpha value is -7.16. The fourth-order valence-electron chi connectivity index (χ4n) is 9.10. The minimum absolute atomic E-state index is 0.921. The van der Waals surface area contributed by atoms with Crippen LogP contribution in [0.5, 0.6) is 0 Å². The third-order valence-corrected chi connectivity index (χ3v) is 11.6. The van der Waals surface area contributed by atoms with Gasteiger partial charge in [-0.15, -0.1) is 0 Å². The Morgan fingerprint density at radius 2 is 0.796 bits per heavy atom. The number of rotatable bonds is 4. The van der Waals surface area contributed by atoms with Crippen LogP contribution < -0.4 is 0 Å². The number of aromatic nitrogens is 1. The Balaban J connectivity index is 0.961. The molecule has 0 saturated carbocycles. The summed E-state index contributed by atoms with van der Waals surface area (Å²) in [6, 6.07) is 68.5. The summed E-state index contributed by atoms with van der Waals surface area (Å²) in [4.78, 5) is 0. The highest BCUT2D eigenvalue weighted by atomic mass is 16.3. The van der Waals surface area contributed by atoms with E-state index in [0.717, 1.165) is 33.1 Å². The van der Waals surface area contributed by atoms with Crippen LogP contribution in [-0.4, -0.2) is 4.57 Å². The Labute approximate surface area is 311 Å². The maximum Gasteiger partial charge on any atom is 0.143 e. The first-order valence-corrected chi connectivity index (χ1v) is 18.6. The predicted molar refractivity (Wildman–Crippen MR) is 228 cm³/mol. The van der Waals surface area contributed by atoms with Crippen molar-refractivity contribution in [1.82, 2.24) is 4.57 Å². The van der Waals surface area contributed by atoms with Gasteiger partial charge in [0.15, 0.2) is 0 Å². The minimum atomic E-state index is 0.921. The summed E-state index contributed by atoms with van der Waals surface area (Å²) in [7, 11) is 0. The van der Waals surface area contributed by atoms with Crippen LogP contribution in [0.2, 0.25) is 0 Å². The van der Waals surface area contributed by atoms with Gasteiger partial charge < -0.3 is 8.98 Å².